The first-order valence-corrected chi connectivity index (χ1v) is 12.8. The van der Waals surface area contributed by atoms with Gasteiger partial charge in [-0.1, -0.05) is 42.5 Å². The normalized spacial score (nSPS) is 10.8. The lowest BCUT2D eigenvalue weighted by Crippen LogP contribution is -2.23. The van der Waals surface area contributed by atoms with Gasteiger partial charge in [0.2, 0.25) is 0 Å². The highest BCUT2D eigenvalue weighted by atomic mass is 127. The summed E-state index contributed by atoms with van der Waals surface area (Å²) in [7, 11) is 0. The minimum Gasteiger partial charge on any atom is -0.490 e. The van der Waals surface area contributed by atoms with Crippen molar-refractivity contribution in [3.8, 4) is 17.6 Å². The van der Waals surface area contributed by atoms with E-state index in [2.05, 4.69) is 33.2 Å². The molecule has 0 heterocycles. The molecule has 37 heavy (non-hydrogen) atoms. The average Bonchev–Trinajstić information content (AvgIpc) is 2.89. The summed E-state index contributed by atoms with van der Waals surface area (Å²) in [6, 6.07) is 20.6. The fourth-order valence-electron chi connectivity index (χ4n) is 3.47. The lowest BCUT2D eigenvalue weighted by molar-refractivity contribution is -0.118. The summed E-state index contributed by atoms with van der Waals surface area (Å²) in [5.41, 5.74) is 4.33. The SMILES string of the molecule is CCOc1cc(/C=C(\C#N)C(=O)NCc2ccccc2)cc(I)c1OCC(=O)Nc1cccc(C)c1C. The third-order valence-corrected chi connectivity index (χ3v) is 6.33. The number of nitriles is 1. The van der Waals surface area contributed by atoms with E-state index in [0.717, 1.165) is 22.4 Å². The van der Waals surface area contributed by atoms with Crippen LogP contribution in [0.25, 0.3) is 6.08 Å². The molecule has 0 fully saturated rings. The van der Waals surface area contributed by atoms with E-state index in [1.165, 1.54) is 6.08 Å². The van der Waals surface area contributed by atoms with E-state index >= 15 is 0 Å². The van der Waals surface area contributed by atoms with Crippen LogP contribution in [0.4, 0.5) is 5.69 Å². The number of benzene rings is 3. The van der Waals surface area contributed by atoms with Crippen molar-refractivity contribution in [3.63, 3.8) is 0 Å². The predicted octanol–water partition coefficient (Wildman–Crippen LogP) is 5.55. The quantitative estimate of drug-likeness (QED) is 0.179. The Morgan fingerprint density at radius 3 is 2.51 bits per heavy atom. The molecule has 0 bridgehead atoms. The molecule has 3 aromatic rings. The molecule has 0 spiro atoms. The minimum atomic E-state index is -0.470. The molecular weight excluding hydrogens is 581 g/mol. The molecule has 190 valence electrons. The molecule has 0 aliphatic rings. The van der Waals surface area contributed by atoms with Crippen LogP contribution in [0.1, 0.15) is 29.2 Å². The van der Waals surface area contributed by atoms with Crippen LogP contribution in [0.2, 0.25) is 0 Å². The van der Waals surface area contributed by atoms with Crippen LogP contribution in [0.15, 0.2) is 66.2 Å². The first-order valence-electron chi connectivity index (χ1n) is 11.7. The Morgan fingerprint density at radius 2 is 1.81 bits per heavy atom. The molecular formula is C29H28IN3O4. The molecule has 0 atom stereocenters. The smallest absolute Gasteiger partial charge is 0.262 e. The molecule has 0 aromatic heterocycles. The maximum atomic E-state index is 12.6. The molecule has 0 aliphatic carbocycles. The summed E-state index contributed by atoms with van der Waals surface area (Å²) in [4.78, 5) is 25.1. The molecule has 0 aliphatic heterocycles. The number of amides is 2. The molecule has 0 saturated heterocycles. The van der Waals surface area contributed by atoms with Gasteiger partial charge in [-0.3, -0.25) is 9.59 Å². The van der Waals surface area contributed by atoms with E-state index in [0.29, 0.717) is 33.8 Å². The van der Waals surface area contributed by atoms with Gasteiger partial charge in [0.25, 0.3) is 11.8 Å². The minimum absolute atomic E-state index is 0.0317. The molecule has 0 unspecified atom stereocenters. The molecule has 3 rings (SSSR count). The van der Waals surface area contributed by atoms with Gasteiger partial charge in [0, 0.05) is 12.2 Å². The number of carbonyl (C=O) groups excluding carboxylic acids is 2. The summed E-state index contributed by atoms with van der Waals surface area (Å²) in [5.74, 6) is 0.0745. The maximum absolute atomic E-state index is 12.6. The van der Waals surface area contributed by atoms with Crippen molar-refractivity contribution in [3.05, 3.63) is 92.1 Å². The summed E-state index contributed by atoms with van der Waals surface area (Å²) < 4.78 is 12.3. The lowest BCUT2D eigenvalue weighted by Gasteiger charge is -2.15. The monoisotopic (exact) mass is 609 g/mol. The summed E-state index contributed by atoms with van der Waals surface area (Å²) in [5, 5.41) is 15.2. The van der Waals surface area contributed by atoms with E-state index in [-0.39, 0.29) is 18.1 Å². The number of nitrogens with one attached hydrogen (secondary N) is 2. The molecule has 0 saturated carbocycles. The number of anilines is 1. The number of nitrogens with zero attached hydrogens (tertiary/aromatic N) is 1. The highest BCUT2D eigenvalue weighted by molar-refractivity contribution is 14.1. The van der Waals surface area contributed by atoms with E-state index < -0.39 is 5.91 Å². The van der Waals surface area contributed by atoms with Gasteiger partial charge in [-0.2, -0.15) is 5.26 Å². The third kappa shape index (κ3) is 7.82. The van der Waals surface area contributed by atoms with Crippen molar-refractivity contribution in [2.45, 2.75) is 27.3 Å². The molecule has 3 aromatic carbocycles. The van der Waals surface area contributed by atoms with Crippen LogP contribution >= 0.6 is 22.6 Å². The summed E-state index contributed by atoms with van der Waals surface area (Å²) in [6.45, 7) is 6.26. The van der Waals surface area contributed by atoms with Crippen molar-refractivity contribution < 1.29 is 19.1 Å². The largest absolute Gasteiger partial charge is 0.490 e. The zero-order valence-electron chi connectivity index (χ0n) is 20.9. The second kappa shape index (κ2) is 13.5. The summed E-state index contributed by atoms with van der Waals surface area (Å²) >= 11 is 2.08. The Balaban J connectivity index is 1.74. The van der Waals surface area contributed by atoms with Gasteiger partial charge in [0.1, 0.15) is 11.6 Å². The van der Waals surface area contributed by atoms with Gasteiger partial charge in [0.05, 0.1) is 10.2 Å². The maximum Gasteiger partial charge on any atom is 0.262 e. The number of carbonyl (C=O) groups is 2. The zero-order chi connectivity index (χ0) is 26.8. The van der Waals surface area contributed by atoms with Gasteiger partial charge >= 0.3 is 0 Å². The van der Waals surface area contributed by atoms with Gasteiger partial charge in [-0.25, -0.2) is 0 Å². The van der Waals surface area contributed by atoms with Gasteiger partial charge in [-0.05, 0) is 89.9 Å². The average molecular weight is 609 g/mol. The van der Waals surface area contributed by atoms with Crippen LogP contribution in [-0.4, -0.2) is 25.0 Å². The Kier molecular flexibility index (Phi) is 10.1. The molecule has 7 nitrogen and oxygen atoms in total. The lowest BCUT2D eigenvalue weighted by atomic mass is 10.1. The number of hydrogen-bond acceptors (Lipinski definition) is 5. The van der Waals surface area contributed by atoms with E-state index in [1.54, 1.807) is 12.1 Å². The molecule has 8 heteroatoms. The Hall–Kier alpha value is -3.84. The van der Waals surface area contributed by atoms with Gasteiger partial charge < -0.3 is 20.1 Å². The topological polar surface area (TPSA) is 100 Å². The van der Waals surface area contributed by atoms with Crippen LogP contribution in [0.5, 0.6) is 11.5 Å². The van der Waals surface area contributed by atoms with Crippen molar-refractivity contribution in [1.29, 1.82) is 5.26 Å². The van der Waals surface area contributed by atoms with Gasteiger partial charge in [-0.15, -0.1) is 0 Å². The molecule has 2 N–H and O–H groups in total. The van der Waals surface area contributed by atoms with E-state index in [4.69, 9.17) is 9.47 Å². The van der Waals surface area contributed by atoms with Gasteiger partial charge in [0.15, 0.2) is 18.1 Å². The fourth-order valence-corrected chi connectivity index (χ4v) is 4.25. The van der Waals surface area contributed by atoms with E-state index in [9.17, 15) is 14.9 Å². The second-order valence-corrected chi connectivity index (χ2v) is 9.35. The van der Waals surface area contributed by atoms with E-state index in [1.807, 2.05) is 75.4 Å². The second-order valence-electron chi connectivity index (χ2n) is 8.19. The Morgan fingerprint density at radius 1 is 1.05 bits per heavy atom. The molecule has 2 amide bonds. The number of halogens is 1. The highest BCUT2D eigenvalue weighted by Crippen LogP contribution is 2.35. The number of rotatable bonds is 10. The highest BCUT2D eigenvalue weighted by Gasteiger charge is 2.16. The van der Waals surface area contributed by atoms with Crippen LogP contribution < -0.4 is 20.1 Å². The number of hydrogen-bond donors (Lipinski definition) is 2. The number of aryl methyl sites for hydroxylation is 1. The van der Waals surface area contributed by atoms with Crippen molar-refractivity contribution in [2.75, 3.05) is 18.5 Å². The van der Waals surface area contributed by atoms with Crippen molar-refractivity contribution in [2.24, 2.45) is 0 Å². The van der Waals surface area contributed by atoms with Crippen LogP contribution in [-0.2, 0) is 16.1 Å². The standard InChI is InChI=1S/C29H28IN3O4/c1-4-36-26-15-22(13-23(16-31)29(35)32-17-21-10-6-5-7-11-21)14-24(30)28(26)37-18-27(34)33-25-12-8-9-19(2)20(25)3/h5-15H,4,17-18H2,1-3H3,(H,32,35)(H,33,34)/b23-13+. The first-order chi connectivity index (χ1) is 17.8. The predicted molar refractivity (Wildman–Crippen MR) is 152 cm³/mol. The molecule has 0 radical (unpaired) electrons. The van der Waals surface area contributed by atoms with Crippen molar-refractivity contribution in [1.82, 2.24) is 5.32 Å². The number of ether oxygens (including phenoxy) is 2. The third-order valence-electron chi connectivity index (χ3n) is 5.53. The fraction of sp³-hybridized carbons (Fsp3) is 0.207. The Bertz CT molecular complexity index is 1350. The zero-order valence-corrected chi connectivity index (χ0v) is 23.1. The summed E-state index contributed by atoms with van der Waals surface area (Å²) in [6.07, 6.45) is 1.50. The van der Waals surface area contributed by atoms with Crippen LogP contribution in [0.3, 0.4) is 0 Å². The van der Waals surface area contributed by atoms with Crippen molar-refractivity contribution >= 4 is 46.2 Å². The Labute approximate surface area is 230 Å². The van der Waals surface area contributed by atoms with Crippen LogP contribution in [0, 0.1) is 28.7 Å². The first kappa shape index (κ1) is 27.7.